The van der Waals surface area contributed by atoms with E-state index in [1.807, 2.05) is 23.6 Å². The van der Waals surface area contributed by atoms with E-state index in [9.17, 15) is 4.79 Å². The monoisotopic (exact) mass is 271 g/mol. The summed E-state index contributed by atoms with van der Waals surface area (Å²) >= 11 is 1.62. The molecule has 0 bridgehead atoms. The minimum Gasteiger partial charge on any atom is -0.465 e. The van der Waals surface area contributed by atoms with Gasteiger partial charge in [-0.25, -0.2) is 9.78 Å². The third kappa shape index (κ3) is 2.19. The maximum atomic E-state index is 11.6. The maximum Gasteiger partial charge on any atom is 0.337 e. The van der Waals surface area contributed by atoms with Crippen molar-refractivity contribution in [2.24, 2.45) is 0 Å². The molecule has 0 atom stereocenters. The highest BCUT2D eigenvalue weighted by Crippen LogP contribution is 2.33. The summed E-state index contributed by atoms with van der Waals surface area (Å²) in [6, 6.07) is 5.76. The van der Waals surface area contributed by atoms with Gasteiger partial charge in [0.2, 0.25) is 0 Å². The molecular formula is C15H13NO2S. The Kier molecular flexibility index (Phi) is 3.17. The third-order valence-corrected chi connectivity index (χ3v) is 4.05. The fourth-order valence-electron chi connectivity index (χ4n) is 2.33. The highest BCUT2D eigenvalue weighted by Gasteiger charge is 2.18. The van der Waals surface area contributed by atoms with Gasteiger partial charge in [0.05, 0.1) is 12.7 Å². The van der Waals surface area contributed by atoms with E-state index >= 15 is 0 Å². The normalized spacial score (nSPS) is 13.6. The van der Waals surface area contributed by atoms with Crippen LogP contribution >= 0.6 is 11.3 Å². The number of benzene rings is 1. The van der Waals surface area contributed by atoms with Crippen LogP contribution in [-0.4, -0.2) is 18.1 Å². The minimum atomic E-state index is -0.299. The first-order valence-corrected chi connectivity index (χ1v) is 6.99. The first-order valence-electron chi connectivity index (χ1n) is 6.11. The van der Waals surface area contributed by atoms with Gasteiger partial charge >= 0.3 is 5.97 Å². The van der Waals surface area contributed by atoms with E-state index in [0.29, 0.717) is 5.56 Å². The molecule has 0 aliphatic heterocycles. The Morgan fingerprint density at radius 3 is 3.05 bits per heavy atom. The Hall–Kier alpha value is -1.94. The number of nitrogens with zero attached hydrogens (tertiary/aromatic N) is 1. The number of aryl methyl sites for hydroxylation is 1. The van der Waals surface area contributed by atoms with Gasteiger partial charge in [0.15, 0.2) is 0 Å². The van der Waals surface area contributed by atoms with Crippen molar-refractivity contribution < 1.29 is 9.53 Å². The second-order valence-electron chi connectivity index (χ2n) is 4.36. The van der Waals surface area contributed by atoms with Gasteiger partial charge in [-0.3, -0.25) is 0 Å². The van der Waals surface area contributed by atoms with E-state index in [-0.39, 0.29) is 5.97 Å². The average molecular weight is 271 g/mol. The van der Waals surface area contributed by atoms with Crippen molar-refractivity contribution in [2.75, 3.05) is 7.11 Å². The Morgan fingerprint density at radius 1 is 1.42 bits per heavy atom. The molecule has 0 saturated heterocycles. The summed E-state index contributed by atoms with van der Waals surface area (Å²) in [4.78, 5) is 16.0. The fourth-order valence-corrected chi connectivity index (χ4v) is 3.02. The Balaban J connectivity index is 2.09. The SMILES string of the molecule is COC(=O)c1ccc2c(c1)C(c1nccs1)=CCC2. The van der Waals surface area contributed by atoms with Gasteiger partial charge < -0.3 is 4.74 Å². The predicted molar refractivity (Wildman–Crippen MR) is 75.3 cm³/mol. The van der Waals surface area contributed by atoms with Crippen LogP contribution in [0.2, 0.25) is 0 Å². The quantitative estimate of drug-likeness (QED) is 0.787. The van der Waals surface area contributed by atoms with Gasteiger partial charge in [-0.1, -0.05) is 12.1 Å². The zero-order chi connectivity index (χ0) is 13.2. The van der Waals surface area contributed by atoms with Crippen LogP contribution in [0.4, 0.5) is 0 Å². The van der Waals surface area contributed by atoms with Crippen LogP contribution in [0.3, 0.4) is 0 Å². The number of thiazole rings is 1. The number of ether oxygens (including phenoxy) is 1. The number of aromatic nitrogens is 1. The molecule has 0 unspecified atom stereocenters. The van der Waals surface area contributed by atoms with Crippen LogP contribution in [-0.2, 0) is 11.2 Å². The Labute approximate surface area is 115 Å². The number of allylic oxidation sites excluding steroid dienone is 1. The molecule has 1 heterocycles. The van der Waals surface area contributed by atoms with Crippen LogP contribution in [0.25, 0.3) is 5.57 Å². The van der Waals surface area contributed by atoms with E-state index in [0.717, 1.165) is 29.0 Å². The average Bonchev–Trinajstić information content (AvgIpc) is 2.99. The maximum absolute atomic E-state index is 11.6. The van der Waals surface area contributed by atoms with Gasteiger partial charge in [0.25, 0.3) is 0 Å². The molecule has 0 fully saturated rings. The lowest BCUT2D eigenvalue weighted by Crippen LogP contribution is -2.06. The van der Waals surface area contributed by atoms with Crippen molar-refractivity contribution in [1.29, 1.82) is 0 Å². The lowest BCUT2D eigenvalue weighted by molar-refractivity contribution is 0.0600. The molecule has 2 aromatic rings. The summed E-state index contributed by atoms with van der Waals surface area (Å²) in [5, 5.41) is 2.97. The molecule has 0 N–H and O–H groups in total. The van der Waals surface area contributed by atoms with Crippen molar-refractivity contribution >= 4 is 22.9 Å². The van der Waals surface area contributed by atoms with E-state index < -0.39 is 0 Å². The number of carbonyl (C=O) groups excluding carboxylic acids is 1. The van der Waals surface area contributed by atoms with Crippen molar-refractivity contribution in [1.82, 2.24) is 4.98 Å². The second kappa shape index (κ2) is 4.97. The number of esters is 1. The highest BCUT2D eigenvalue weighted by molar-refractivity contribution is 7.10. The van der Waals surface area contributed by atoms with Crippen LogP contribution in [0.15, 0.2) is 35.9 Å². The first kappa shape index (κ1) is 12.1. The fraction of sp³-hybridized carbons (Fsp3) is 0.200. The van der Waals surface area contributed by atoms with Crippen molar-refractivity contribution in [3.05, 3.63) is 57.6 Å². The summed E-state index contributed by atoms with van der Waals surface area (Å²) in [5.41, 5.74) is 4.08. The number of carbonyl (C=O) groups is 1. The van der Waals surface area contributed by atoms with Crippen molar-refractivity contribution in [3.63, 3.8) is 0 Å². The molecule has 3 nitrogen and oxygen atoms in total. The lowest BCUT2D eigenvalue weighted by atomic mass is 9.89. The van der Waals surface area contributed by atoms with Crippen LogP contribution in [0, 0.1) is 0 Å². The molecule has 1 aliphatic carbocycles. The number of methoxy groups -OCH3 is 1. The zero-order valence-electron chi connectivity index (χ0n) is 10.6. The van der Waals surface area contributed by atoms with Gasteiger partial charge in [-0.2, -0.15) is 0 Å². The number of hydrogen-bond acceptors (Lipinski definition) is 4. The highest BCUT2D eigenvalue weighted by atomic mass is 32.1. The number of rotatable bonds is 2. The number of hydrogen-bond donors (Lipinski definition) is 0. The molecule has 96 valence electrons. The summed E-state index contributed by atoms with van der Waals surface area (Å²) < 4.78 is 4.78. The molecule has 0 saturated carbocycles. The standard InChI is InChI=1S/C15H13NO2S/c1-18-15(17)11-6-5-10-3-2-4-12(13(10)9-11)14-16-7-8-19-14/h4-9H,2-3H2,1H3. The topological polar surface area (TPSA) is 39.2 Å². The van der Waals surface area contributed by atoms with Gasteiger partial charge in [-0.05, 0) is 36.1 Å². The lowest BCUT2D eigenvalue weighted by Gasteiger charge is -2.17. The molecule has 1 aromatic carbocycles. The first-order chi connectivity index (χ1) is 9.29. The Morgan fingerprint density at radius 2 is 2.32 bits per heavy atom. The predicted octanol–water partition coefficient (Wildman–Crippen LogP) is 3.31. The van der Waals surface area contributed by atoms with Crippen LogP contribution in [0.1, 0.15) is 32.9 Å². The molecule has 0 spiro atoms. The number of fused-ring (bicyclic) bond motifs is 1. The molecule has 0 radical (unpaired) electrons. The van der Waals surface area contributed by atoms with Crippen LogP contribution < -0.4 is 0 Å². The third-order valence-electron chi connectivity index (χ3n) is 3.25. The largest absolute Gasteiger partial charge is 0.465 e. The van der Waals surface area contributed by atoms with Gasteiger partial charge in [0.1, 0.15) is 5.01 Å². The van der Waals surface area contributed by atoms with Gasteiger partial charge in [-0.15, -0.1) is 11.3 Å². The van der Waals surface area contributed by atoms with E-state index in [1.54, 1.807) is 17.5 Å². The van der Waals surface area contributed by atoms with E-state index in [1.165, 1.54) is 12.7 Å². The molecule has 1 aromatic heterocycles. The molecule has 0 amide bonds. The van der Waals surface area contributed by atoms with Crippen LogP contribution in [0.5, 0.6) is 0 Å². The summed E-state index contributed by atoms with van der Waals surface area (Å²) in [7, 11) is 1.40. The van der Waals surface area contributed by atoms with E-state index in [2.05, 4.69) is 11.1 Å². The molecule has 3 rings (SSSR count). The van der Waals surface area contributed by atoms with Crippen molar-refractivity contribution in [3.8, 4) is 0 Å². The molecule has 19 heavy (non-hydrogen) atoms. The Bertz CT molecular complexity index is 644. The summed E-state index contributed by atoms with van der Waals surface area (Å²) in [6.07, 6.45) is 6.02. The van der Waals surface area contributed by atoms with Gasteiger partial charge in [0, 0.05) is 17.2 Å². The smallest absolute Gasteiger partial charge is 0.337 e. The molecule has 1 aliphatic rings. The molecule has 4 heteroatoms. The minimum absolute atomic E-state index is 0.299. The second-order valence-corrected chi connectivity index (χ2v) is 5.25. The van der Waals surface area contributed by atoms with Crippen molar-refractivity contribution in [2.45, 2.75) is 12.8 Å². The summed E-state index contributed by atoms with van der Waals surface area (Å²) in [6.45, 7) is 0. The summed E-state index contributed by atoms with van der Waals surface area (Å²) in [5.74, 6) is -0.299. The van der Waals surface area contributed by atoms with E-state index in [4.69, 9.17) is 4.74 Å². The molecular weight excluding hydrogens is 258 g/mol. The zero-order valence-corrected chi connectivity index (χ0v) is 11.4.